The van der Waals surface area contributed by atoms with E-state index in [2.05, 4.69) is 5.32 Å². The average molecular weight is 195 g/mol. The lowest BCUT2D eigenvalue weighted by atomic mass is 9.86. The predicted octanol–water partition coefficient (Wildman–Crippen LogP) is 1.25. The minimum absolute atomic E-state index is 0.528. The Morgan fingerprint density at radius 3 is 2.79 bits per heavy atom. The van der Waals surface area contributed by atoms with E-state index in [1.807, 2.05) is 13.0 Å². The maximum Gasteiger partial charge on any atom is 0.103 e. The molecule has 78 valence electrons. The molecule has 0 atom stereocenters. The maximum absolute atomic E-state index is 10.3. The quantitative estimate of drug-likeness (QED) is 0.746. The Bertz CT molecular complexity index is 300. The number of hydrogen-bond donors (Lipinski definition) is 2. The third kappa shape index (κ3) is 1.99. The van der Waals surface area contributed by atoms with Gasteiger partial charge in [0.15, 0.2) is 0 Å². The van der Waals surface area contributed by atoms with Gasteiger partial charge in [-0.05, 0) is 44.5 Å². The third-order valence-electron chi connectivity index (χ3n) is 3.02. The highest BCUT2D eigenvalue weighted by molar-refractivity contribution is 5.18. The molecule has 1 aromatic rings. The van der Waals surface area contributed by atoms with Crippen LogP contribution in [0.3, 0.4) is 0 Å². The van der Waals surface area contributed by atoms with Crippen LogP contribution in [0, 0.1) is 6.92 Å². The van der Waals surface area contributed by atoms with Crippen LogP contribution >= 0.6 is 0 Å². The van der Waals surface area contributed by atoms with Crippen molar-refractivity contribution in [3.63, 3.8) is 0 Å². The number of nitrogens with one attached hydrogen (secondary N) is 1. The first-order valence-electron chi connectivity index (χ1n) is 5.16. The van der Waals surface area contributed by atoms with Crippen molar-refractivity contribution in [2.45, 2.75) is 31.8 Å². The van der Waals surface area contributed by atoms with Gasteiger partial charge >= 0.3 is 0 Å². The number of hydrogen-bond acceptors (Lipinski definition) is 3. The van der Waals surface area contributed by atoms with Crippen LogP contribution in [0.2, 0.25) is 0 Å². The molecule has 2 rings (SSSR count). The number of aliphatic hydroxyl groups is 1. The van der Waals surface area contributed by atoms with Crippen molar-refractivity contribution in [3.05, 3.63) is 23.7 Å². The number of aryl methyl sites for hydroxylation is 1. The first-order valence-corrected chi connectivity index (χ1v) is 5.16. The van der Waals surface area contributed by atoms with Gasteiger partial charge in [0.2, 0.25) is 0 Å². The SMILES string of the molecule is Cc1occc1CC1(O)CCNCC1. The van der Waals surface area contributed by atoms with Crippen molar-refractivity contribution >= 4 is 0 Å². The van der Waals surface area contributed by atoms with E-state index >= 15 is 0 Å². The van der Waals surface area contributed by atoms with Gasteiger partial charge in [-0.25, -0.2) is 0 Å². The molecule has 0 radical (unpaired) electrons. The van der Waals surface area contributed by atoms with E-state index in [1.54, 1.807) is 6.26 Å². The fraction of sp³-hybridized carbons (Fsp3) is 0.636. The zero-order chi connectivity index (χ0) is 10.0. The van der Waals surface area contributed by atoms with Crippen molar-refractivity contribution in [1.82, 2.24) is 5.32 Å². The molecule has 0 saturated carbocycles. The van der Waals surface area contributed by atoms with Gasteiger partial charge < -0.3 is 14.8 Å². The summed E-state index contributed by atoms with van der Waals surface area (Å²) in [6, 6.07) is 1.95. The lowest BCUT2D eigenvalue weighted by Crippen LogP contribution is -2.43. The first-order chi connectivity index (χ1) is 6.70. The summed E-state index contributed by atoms with van der Waals surface area (Å²) in [6.07, 6.45) is 4.07. The first kappa shape index (κ1) is 9.74. The molecule has 1 aliphatic heterocycles. The summed E-state index contributed by atoms with van der Waals surface area (Å²) >= 11 is 0. The minimum atomic E-state index is -0.528. The monoisotopic (exact) mass is 195 g/mol. The zero-order valence-corrected chi connectivity index (χ0v) is 8.55. The van der Waals surface area contributed by atoms with Crippen LogP contribution < -0.4 is 5.32 Å². The lowest BCUT2D eigenvalue weighted by molar-refractivity contribution is 0.0106. The summed E-state index contributed by atoms with van der Waals surface area (Å²) in [6.45, 7) is 3.76. The normalized spacial score (nSPS) is 21.0. The van der Waals surface area contributed by atoms with Gasteiger partial charge in [0, 0.05) is 6.42 Å². The Hall–Kier alpha value is -0.800. The van der Waals surface area contributed by atoms with Crippen LogP contribution in [-0.4, -0.2) is 23.8 Å². The van der Waals surface area contributed by atoms with Gasteiger partial charge in [-0.1, -0.05) is 0 Å². The smallest absolute Gasteiger partial charge is 0.103 e. The van der Waals surface area contributed by atoms with Crippen molar-refractivity contribution in [2.24, 2.45) is 0 Å². The van der Waals surface area contributed by atoms with E-state index in [9.17, 15) is 5.11 Å². The molecule has 1 aromatic heterocycles. The molecular weight excluding hydrogens is 178 g/mol. The Labute approximate surface area is 84.1 Å². The average Bonchev–Trinajstić information content (AvgIpc) is 2.52. The Morgan fingerprint density at radius 2 is 2.21 bits per heavy atom. The maximum atomic E-state index is 10.3. The van der Waals surface area contributed by atoms with Gasteiger partial charge in [0.05, 0.1) is 11.9 Å². The highest BCUT2D eigenvalue weighted by Gasteiger charge is 2.30. The molecule has 0 unspecified atom stereocenters. The van der Waals surface area contributed by atoms with E-state index in [4.69, 9.17) is 4.42 Å². The van der Waals surface area contributed by atoms with E-state index in [1.165, 1.54) is 0 Å². The molecule has 1 fully saturated rings. The molecule has 0 amide bonds. The Morgan fingerprint density at radius 1 is 1.50 bits per heavy atom. The molecule has 1 saturated heterocycles. The molecule has 2 heterocycles. The van der Waals surface area contributed by atoms with E-state index in [0.29, 0.717) is 0 Å². The number of rotatable bonds is 2. The molecule has 0 aliphatic carbocycles. The summed E-state index contributed by atoms with van der Waals surface area (Å²) in [5.41, 5.74) is 0.606. The van der Waals surface area contributed by atoms with Gasteiger partial charge in [-0.3, -0.25) is 0 Å². The Balaban J connectivity index is 2.05. The molecule has 2 N–H and O–H groups in total. The van der Waals surface area contributed by atoms with Crippen LogP contribution in [0.25, 0.3) is 0 Å². The van der Waals surface area contributed by atoms with E-state index in [-0.39, 0.29) is 0 Å². The van der Waals surface area contributed by atoms with Gasteiger partial charge in [-0.15, -0.1) is 0 Å². The fourth-order valence-electron chi connectivity index (χ4n) is 2.02. The molecule has 0 bridgehead atoms. The van der Waals surface area contributed by atoms with Crippen molar-refractivity contribution < 1.29 is 9.52 Å². The van der Waals surface area contributed by atoms with E-state index in [0.717, 1.165) is 43.7 Å². The molecular formula is C11H17NO2. The van der Waals surface area contributed by atoms with E-state index < -0.39 is 5.60 Å². The zero-order valence-electron chi connectivity index (χ0n) is 8.55. The third-order valence-corrected chi connectivity index (χ3v) is 3.02. The van der Waals surface area contributed by atoms with Crippen LogP contribution in [0.1, 0.15) is 24.2 Å². The molecule has 1 aliphatic rings. The standard InChI is InChI=1S/C11H17NO2/c1-9-10(2-7-14-9)8-11(13)3-5-12-6-4-11/h2,7,12-13H,3-6,8H2,1H3. The molecule has 14 heavy (non-hydrogen) atoms. The number of furan rings is 1. The predicted molar refractivity (Wildman–Crippen MR) is 54.2 cm³/mol. The molecule has 3 nitrogen and oxygen atoms in total. The van der Waals surface area contributed by atoms with Crippen LogP contribution in [0.4, 0.5) is 0 Å². The fourth-order valence-corrected chi connectivity index (χ4v) is 2.02. The van der Waals surface area contributed by atoms with Crippen LogP contribution in [0.15, 0.2) is 16.7 Å². The van der Waals surface area contributed by atoms with Crippen LogP contribution in [-0.2, 0) is 6.42 Å². The van der Waals surface area contributed by atoms with Gasteiger partial charge in [-0.2, -0.15) is 0 Å². The summed E-state index contributed by atoms with van der Waals surface area (Å²) in [5.74, 6) is 0.928. The van der Waals surface area contributed by atoms with Crippen LogP contribution in [0.5, 0.6) is 0 Å². The lowest BCUT2D eigenvalue weighted by Gasteiger charge is -2.32. The van der Waals surface area contributed by atoms with Crippen molar-refractivity contribution in [1.29, 1.82) is 0 Å². The molecule has 0 aromatic carbocycles. The highest BCUT2D eigenvalue weighted by atomic mass is 16.3. The minimum Gasteiger partial charge on any atom is -0.469 e. The van der Waals surface area contributed by atoms with Crippen molar-refractivity contribution in [2.75, 3.05) is 13.1 Å². The van der Waals surface area contributed by atoms with Crippen molar-refractivity contribution in [3.8, 4) is 0 Å². The second-order valence-electron chi connectivity index (χ2n) is 4.15. The van der Waals surface area contributed by atoms with Gasteiger partial charge in [0.1, 0.15) is 5.76 Å². The molecule has 0 spiro atoms. The topological polar surface area (TPSA) is 45.4 Å². The molecule has 3 heteroatoms. The largest absolute Gasteiger partial charge is 0.469 e. The summed E-state index contributed by atoms with van der Waals surface area (Å²) in [5, 5.41) is 13.5. The summed E-state index contributed by atoms with van der Waals surface area (Å²) in [4.78, 5) is 0. The number of piperidine rings is 1. The summed E-state index contributed by atoms with van der Waals surface area (Å²) in [7, 11) is 0. The van der Waals surface area contributed by atoms with Gasteiger partial charge in [0.25, 0.3) is 0 Å². The second-order valence-corrected chi connectivity index (χ2v) is 4.15. The summed E-state index contributed by atoms with van der Waals surface area (Å²) < 4.78 is 5.22. The highest BCUT2D eigenvalue weighted by Crippen LogP contribution is 2.25. The second kappa shape index (κ2) is 3.75. The Kier molecular flexibility index (Phi) is 2.61.